The standard InChI is InChI=1S/C13H19ClN2/c1-9-4-3-5-10(2)13(9)16-12-8-15-7-6-11(12)14/h6-10,13,16H,3-5H2,1-2H3. The van der Waals surface area contributed by atoms with Gasteiger partial charge < -0.3 is 5.32 Å². The van der Waals surface area contributed by atoms with Crippen LogP contribution < -0.4 is 5.32 Å². The van der Waals surface area contributed by atoms with Crippen LogP contribution in [-0.4, -0.2) is 11.0 Å². The molecule has 0 spiro atoms. The monoisotopic (exact) mass is 238 g/mol. The number of aromatic nitrogens is 1. The van der Waals surface area contributed by atoms with Crippen molar-refractivity contribution in [3.8, 4) is 0 Å². The summed E-state index contributed by atoms with van der Waals surface area (Å²) in [7, 11) is 0. The highest BCUT2D eigenvalue weighted by molar-refractivity contribution is 6.33. The average molecular weight is 239 g/mol. The van der Waals surface area contributed by atoms with E-state index in [2.05, 4.69) is 24.1 Å². The van der Waals surface area contributed by atoms with Crippen LogP contribution >= 0.6 is 11.6 Å². The molecule has 1 aliphatic carbocycles. The summed E-state index contributed by atoms with van der Waals surface area (Å²) in [4.78, 5) is 4.11. The Labute approximate surface area is 102 Å². The normalized spacial score (nSPS) is 30.1. The molecule has 1 aromatic heterocycles. The van der Waals surface area contributed by atoms with Crippen LogP contribution in [0.2, 0.25) is 5.02 Å². The first-order valence-corrected chi connectivity index (χ1v) is 6.42. The molecule has 0 amide bonds. The van der Waals surface area contributed by atoms with Crippen molar-refractivity contribution in [2.24, 2.45) is 11.8 Å². The summed E-state index contributed by atoms with van der Waals surface area (Å²) < 4.78 is 0. The highest BCUT2D eigenvalue weighted by Gasteiger charge is 2.27. The van der Waals surface area contributed by atoms with E-state index in [1.54, 1.807) is 6.20 Å². The second-order valence-corrected chi connectivity index (χ2v) is 5.32. The maximum atomic E-state index is 6.14. The molecule has 1 saturated carbocycles. The van der Waals surface area contributed by atoms with Gasteiger partial charge in [0.15, 0.2) is 0 Å². The summed E-state index contributed by atoms with van der Waals surface area (Å²) in [6, 6.07) is 2.36. The summed E-state index contributed by atoms with van der Waals surface area (Å²) in [6.07, 6.45) is 7.50. The Hall–Kier alpha value is -0.760. The van der Waals surface area contributed by atoms with E-state index >= 15 is 0 Å². The number of pyridine rings is 1. The molecule has 1 aliphatic rings. The van der Waals surface area contributed by atoms with Crippen LogP contribution in [0.5, 0.6) is 0 Å². The number of hydrogen-bond acceptors (Lipinski definition) is 2. The lowest BCUT2D eigenvalue weighted by atomic mass is 9.78. The van der Waals surface area contributed by atoms with Crippen LogP contribution in [0.15, 0.2) is 18.5 Å². The smallest absolute Gasteiger partial charge is 0.0718 e. The first-order chi connectivity index (χ1) is 7.68. The number of rotatable bonds is 2. The number of hydrogen-bond donors (Lipinski definition) is 1. The molecule has 3 heteroatoms. The molecule has 0 bridgehead atoms. The lowest BCUT2D eigenvalue weighted by molar-refractivity contribution is 0.268. The minimum atomic E-state index is 0.524. The van der Waals surface area contributed by atoms with E-state index in [-0.39, 0.29) is 0 Å². The maximum Gasteiger partial charge on any atom is 0.0718 e. The molecular weight excluding hydrogens is 220 g/mol. The zero-order valence-corrected chi connectivity index (χ0v) is 10.7. The summed E-state index contributed by atoms with van der Waals surface area (Å²) in [5, 5.41) is 4.32. The van der Waals surface area contributed by atoms with Gasteiger partial charge >= 0.3 is 0 Å². The zero-order chi connectivity index (χ0) is 11.5. The van der Waals surface area contributed by atoms with Gasteiger partial charge in [-0.2, -0.15) is 0 Å². The number of halogens is 1. The molecule has 2 nitrogen and oxygen atoms in total. The van der Waals surface area contributed by atoms with Crippen molar-refractivity contribution in [3.05, 3.63) is 23.5 Å². The molecule has 2 unspecified atom stereocenters. The van der Waals surface area contributed by atoms with Gasteiger partial charge in [-0.15, -0.1) is 0 Å². The maximum absolute atomic E-state index is 6.14. The van der Waals surface area contributed by atoms with E-state index in [1.807, 2.05) is 12.3 Å². The van der Waals surface area contributed by atoms with E-state index in [4.69, 9.17) is 11.6 Å². The molecule has 1 fully saturated rings. The van der Waals surface area contributed by atoms with Crippen molar-refractivity contribution in [3.63, 3.8) is 0 Å². The Bertz CT molecular complexity index is 344. The lowest BCUT2D eigenvalue weighted by Gasteiger charge is -2.36. The Kier molecular flexibility index (Phi) is 3.70. The van der Waals surface area contributed by atoms with Crippen LogP contribution in [0.3, 0.4) is 0 Å². The SMILES string of the molecule is CC1CCCC(C)C1Nc1cnccc1Cl. The molecule has 1 aromatic rings. The third kappa shape index (κ3) is 2.49. The summed E-state index contributed by atoms with van der Waals surface area (Å²) in [5.41, 5.74) is 0.967. The molecule has 16 heavy (non-hydrogen) atoms. The second kappa shape index (κ2) is 5.05. The van der Waals surface area contributed by atoms with Crippen molar-refractivity contribution in [2.45, 2.75) is 39.2 Å². The predicted molar refractivity (Wildman–Crippen MR) is 68.8 cm³/mol. The zero-order valence-electron chi connectivity index (χ0n) is 9.91. The average Bonchev–Trinajstić information content (AvgIpc) is 2.26. The summed E-state index contributed by atoms with van der Waals surface area (Å²) >= 11 is 6.14. The van der Waals surface area contributed by atoms with Crippen molar-refractivity contribution in [1.29, 1.82) is 0 Å². The van der Waals surface area contributed by atoms with E-state index in [0.29, 0.717) is 17.9 Å². The van der Waals surface area contributed by atoms with Crippen LogP contribution in [0.1, 0.15) is 33.1 Å². The molecule has 88 valence electrons. The minimum absolute atomic E-state index is 0.524. The third-order valence-electron chi connectivity index (χ3n) is 3.64. The van der Waals surface area contributed by atoms with Crippen LogP contribution in [-0.2, 0) is 0 Å². The third-order valence-corrected chi connectivity index (χ3v) is 3.96. The highest BCUT2D eigenvalue weighted by atomic mass is 35.5. The first-order valence-electron chi connectivity index (χ1n) is 6.04. The lowest BCUT2D eigenvalue weighted by Crippen LogP contribution is -2.37. The van der Waals surface area contributed by atoms with Gasteiger partial charge in [0.2, 0.25) is 0 Å². The molecule has 1 heterocycles. The fourth-order valence-corrected chi connectivity index (χ4v) is 2.79. The van der Waals surface area contributed by atoms with Gasteiger partial charge in [0.25, 0.3) is 0 Å². The van der Waals surface area contributed by atoms with Gasteiger partial charge in [-0.3, -0.25) is 4.98 Å². The minimum Gasteiger partial charge on any atom is -0.379 e. The first kappa shape index (κ1) is 11.7. The van der Waals surface area contributed by atoms with Gasteiger partial charge in [-0.05, 0) is 30.7 Å². The molecular formula is C13H19ClN2. The largest absolute Gasteiger partial charge is 0.379 e. The summed E-state index contributed by atoms with van der Waals surface area (Å²) in [6.45, 7) is 4.63. The van der Waals surface area contributed by atoms with Gasteiger partial charge in [0, 0.05) is 12.2 Å². The number of nitrogens with zero attached hydrogens (tertiary/aromatic N) is 1. The molecule has 0 aliphatic heterocycles. The Morgan fingerprint density at radius 3 is 2.62 bits per heavy atom. The van der Waals surface area contributed by atoms with Gasteiger partial charge in [0.1, 0.15) is 0 Å². The van der Waals surface area contributed by atoms with E-state index in [9.17, 15) is 0 Å². The van der Waals surface area contributed by atoms with Gasteiger partial charge in [-0.1, -0.05) is 31.9 Å². The Balaban J connectivity index is 2.11. The quantitative estimate of drug-likeness (QED) is 0.843. The molecule has 1 N–H and O–H groups in total. The van der Waals surface area contributed by atoms with Crippen LogP contribution in [0, 0.1) is 11.8 Å². The van der Waals surface area contributed by atoms with E-state index < -0.39 is 0 Å². The van der Waals surface area contributed by atoms with Gasteiger partial charge in [-0.25, -0.2) is 0 Å². The van der Waals surface area contributed by atoms with Crippen molar-refractivity contribution in [1.82, 2.24) is 4.98 Å². The van der Waals surface area contributed by atoms with Crippen molar-refractivity contribution < 1.29 is 0 Å². The van der Waals surface area contributed by atoms with E-state index in [0.717, 1.165) is 10.7 Å². The molecule has 0 saturated heterocycles. The van der Waals surface area contributed by atoms with Crippen LogP contribution in [0.25, 0.3) is 0 Å². The summed E-state index contributed by atoms with van der Waals surface area (Å²) in [5.74, 6) is 1.42. The van der Waals surface area contributed by atoms with Crippen molar-refractivity contribution >= 4 is 17.3 Å². The predicted octanol–water partition coefficient (Wildman–Crippen LogP) is 3.97. The van der Waals surface area contributed by atoms with Gasteiger partial charge in [0.05, 0.1) is 16.9 Å². The fourth-order valence-electron chi connectivity index (χ4n) is 2.63. The molecule has 0 aromatic carbocycles. The molecule has 0 radical (unpaired) electrons. The van der Waals surface area contributed by atoms with Crippen LogP contribution in [0.4, 0.5) is 5.69 Å². The Morgan fingerprint density at radius 2 is 2.00 bits per heavy atom. The number of anilines is 1. The van der Waals surface area contributed by atoms with Crippen molar-refractivity contribution in [2.75, 3.05) is 5.32 Å². The molecule has 2 rings (SSSR count). The highest BCUT2D eigenvalue weighted by Crippen LogP contribution is 2.32. The topological polar surface area (TPSA) is 24.9 Å². The van der Waals surface area contributed by atoms with E-state index in [1.165, 1.54) is 19.3 Å². The fraction of sp³-hybridized carbons (Fsp3) is 0.615. The molecule has 2 atom stereocenters. The second-order valence-electron chi connectivity index (χ2n) is 4.91. The Morgan fingerprint density at radius 1 is 1.31 bits per heavy atom. The number of nitrogens with one attached hydrogen (secondary N) is 1.